The summed E-state index contributed by atoms with van der Waals surface area (Å²) in [6.07, 6.45) is -0.925. The highest BCUT2D eigenvalue weighted by Gasteiger charge is 2.55. The van der Waals surface area contributed by atoms with Gasteiger partial charge in [0.25, 0.3) is 5.56 Å². The van der Waals surface area contributed by atoms with E-state index in [1.54, 1.807) is 13.8 Å². The highest BCUT2D eigenvalue weighted by molar-refractivity contribution is 14.1. The summed E-state index contributed by atoms with van der Waals surface area (Å²) in [6, 6.07) is 0. The van der Waals surface area contributed by atoms with E-state index in [9.17, 15) is 14.7 Å². The number of aliphatic hydroxyl groups is 1. The second kappa shape index (κ2) is 5.16. The van der Waals surface area contributed by atoms with Crippen LogP contribution in [0.1, 0.15) is 20.1 Å². The van der Waals surface area contributed by atoms with Crippen molar-refractivity contribution in [2.24, 2.45) is 0 Å². The zero-order chi connectivity index (χ0) is 15.4. The number of H-pyrrole nitrogens is 1. The molecule has 0 aromatic carbocycles. The van der Waals surface area contributed by atoms with Crippen molar-refractivity contribution in [2.45, 2.75) is 44.2 Å². The first-order valence-corrected chi connectivity index (χ1v) is 7.53. The molecule has 2 N–H and O–H groups in total. The van der Waals surface area contributed by atoms with Gasteiger partial charge < -0.3 is 19.3 Å². The number of aliphatic hydroxyl groups excluding tert-OH is 1. The molecule has 3 heterocycles. The Labute approximate surface area is 133 Å². The molecule has 9 heteroatoms. The molecule has 0 radical (unpaired) electrons. The minimum Gasteiger partial charge on any atom is -0.394 e. The van der Waals surface area contributed by atoms with Crippen LogP contribution in [0.15, 0.2) is 15.8 Å². The number of halogens is 1. The molecule has 2 aliphatic heterocycles. The molecule has 2 aliphatic rings. The molecule has 2 saturated heterocycles. The minimum atomic E-state index is -0.816. The van der Waals surface area contributed by atoms with Crippen molar-refractivity contribution in [3.05, 3.63) is 30.6 Å². The average Bonchev–Trinajstić information content (AvgIpc) is 2.87. The maximum Gasteiger partial charge on any atom is 0.330 e. The van der Waals surface area contributed by atoms with Gasteiger partial charge in [0.15, 0.2) is 12.0 Å². The standard InChI is InChI=1S/C12H15IN2O6/c1-12(2)20-7-6(4-16)19-10(8(7)21-12)15-3-5(13)9(17)14-11(15)18/h3,6-8,10,16H,4H2,1-2H3,(H,14,17,18)/t6-,7-,8-,10-/m1/s1. The second-order valence-corrected chi connectivity index (χ2v) is 6.62. The normalized spacial score (nSPS) is 34.1. The lowest BCUT2D eigenvalue weighted by molar-refractivity contribution is -0.200. The van der Waals surface area contributed by atoms with Gasteiger partial charge >= 0.3 is 5.69 Å². The maximum atomic E-state index is 12.0. The average molecular weight is 410 g/mol. The quantitative estimate of drug-likeness (QED) is 0.641. The first-order valence-electron chi connectivity index (χ1n) is 6.45. The van der Waals surface area contributed by atoms with Gasteiger partial charge in [0.1, 0.15) is 18.3 Å². The molecule has 4 atom stereocenters. The molecule has 1 aromatic heterocycles. The summed E-state index contributed by atoms with van der Waals surface area (Å²) >= 11 is 1.83. The maximum absolute atomic E-state index is 12.0. The molecule has 8 nitrogen and oxygen atoms in total. The lowest BCUT2D eigenvalue weighted by Crippen LogP contribution is -2.38. The fourth-order valence-electron chi connectivity index (χ4n) is 2.68. The SMILES string of the molecule is CC1(C)O[C@@H]2[C@H](O1)[C@@H](CO)O[C@H]2n1cc(I)c(=O)[nH]c1=O. The molecule has 0 aliphatic carbocycles. The van der Waals surface area contributed by atoms with E-state index in [0.29, 0.717) is 3.57 Å². The van der Waals surface area contributed by atoms with Crippen LogP contribution in [0.25, 0.3) is 0 Å². The molecule has 116 valence electrons. The van der Waals surface area contributed by atoms with Crippen molar-refractivity contribution in [1.29, 1.82) is 0 Å². The Morgan fingerprint density at radius 2 is 2.05 bits per heavy atom. The van der Waals surface area contributed by atoms with Crippen molar-refractivity contribution < 1.29 is 19.3 Å². The Bertz CT molecular complexity index is 668. The van der Waals surface area contributed by atoms with E-state index in [1.807, 2.05) is 22.6 Å². The van der Waals surface area contributed by atoms with Crippen molar-refractivity contribution in [2.75, 3.05) is 6.61 Å². The van der Waals surface area contributed by atoms with Gasteiger partial charge in [-0.25, -0.2) is 4.79 Å². The fraction of sp³-hybridized carbons (Fsp3) is 0.667. The van der Waals surface area contributed by atoms with Crippen LogP contribution in [0.4, 0.5) is 0 Å². The summed E-state index contributed by atoms with van der Waals surface area (Å²) in [4.78, 5) is 25.7. The largest absolute Gasteiger partial charge is 0.394 e. The number of nitrogens with zero attached hydrogens (tertiary/aromatic N) is 1. The summed E-state index contributed by atoms with van der Waals surface area (Å²) < 4.78 is 18.8. The number of fused-ring (bicyclic) bond motifs is 1. The third-order valence-corrected chi connectivity index (χ3v) is 4.27. The van der Waals surface area contributed by atoms with Crippen molar-refractivity contribution in [3.8, 4) is 0 Å². The van der Waals surface area contributed by atoms with E-state index in [-0.39, 0.29) is 6.61 Å². The van der Waals surface area contributed by atoms with Crippen molar-refractivity contribution in [3.63, 3.8) is 0 Å². The second-order valence-electron chi connectivity index (χ2n) is 5.46. The van der Waals surface area contributed by atoms with E-state index >= 15 is 0 Å². The first-order chi connectivity index (χ1) is 9.82. The van der Waals surface area contributed by atoms with Crippen LogP contribution in [0, 0.1) is 3.57 Å². The summed E-state index contributed by atoms with van der Waals surface area (Å²) in [5, 5.41) is 9.41. The molecule has 0 bridgehead atoms. The Kier molecular flexibility index (Phi) is 3.72. The predicted octanol–water partition coefficient (Wildman–Crippen LogP) is -0.449. The van der Waals surface area contributed by atoms with Gasteiger partial charge in [-0.2, -0.15) is 0 Å². The van der Waals surface area contributed by atoms with Crippen molar-refractivity contribution in [1.82, 2.24) is 9.55 Å². The summed E-state index contributed by atoms with van der Waals surface area (Å²) in [6.45, 7) is 3.28. The van der Waals surface area contributed by atoms with Gasteiger partial charge in [0.2, 0.25) is 0 Å². The molecule has 21 heavy (non-hydrogen) atoms. The molecular formula is C12H15IN2O6. The number of ether oxygens (including phenoxy) is 3. The lowest BCUT2D eigenvalue weighted by atomic mass is 10.1. The Hall–Kier alpha value is -0.750. The van der Waals surface area contributed by atoms with E-state index < -0.39 is 41.6 Å². The highest BCUT2D eigenvalue weighted by atomic mass is 127. The predicted molar refractivity (Wildman–Crippen MR) is 78.9 cm³/mol. The van der Waals surface area contributed by atoms with Gasteiger partial charge in [0, 0.05) is 6.20 Å². The summed E-state index contributed by atoms with van der Waals surface area (Å²) in [7, 11) is 0. The Morgan fingerprint density at radius 3 is 2.71 bits per heavy atom. The number of nitrogens with one attached hydrogen (secondary N) is 1. The van der Waals surface area contributed by atoms with Gasteiger partial charge in [-0.15, -0.1) is 0 Å². The molecular weight excluding hydrogens is 395 g/mol. The van der Waals surface area contributed by atoms with Gasteiger partial charge in [-0.3, -0.25) is 14.3 Å². The molecule has 0 spiro atoms. The molecule has 0 saturated carbocycles. The zero-order valence-electron chi connectivity index (χ0n) is 11.4. The Morgan fingerprint density at radius 1 is 1.38 bits per heavy atom. The van der Waals surface area contributed by atoms with Crippen LogP contribution in [0.2, 0.25) is 0 Å². The highest BCUT2D eigenvalue weighted by Crippen LogP contribution is 2.42. The number of rotatable bonds is 2. The van der Waals surface area contributed by atoms with Gasteiger partial charge in [-0.1, -0.05) is 0 Å². The first kappa shape index (κ1) is 15.2. The van der Waals surface area contributed by atoms with Crippen molar-refractivity contribution >= 4 is 22.6 Å². The minimum absolute atomic E-state index is 0.244. The third kappa shape index (κ3) is 2.57. The smallest absolute Gasteiger partial charge is 0.330 e. The molecule has 0 unspecified atom stereocenters. The summed E-state index contributed by atoms with van der Waals surface area (Å²) in [5.74, 6) is -0.816. The van der Waals surface area contributed by atoms with E-state index in [1.165, 1.54) is 10.8 Å². The van der Waals surface area contributed by atoms with E-state index in [4.69, 9.17) is 14.2 Å². The topological polar surface area (TPSA) is 103 Å². The van der Waals surface area contributed by atoms with Crippen LogP contribution < -0.4 is 11.2 Å². The van der Waals surface area contributed by atoms with Crippen LogP contribution in [0.3, 0.4) is 0 Å². The van der Waals surface area contributed by atoms with Crippen LogP contribution in [-0.4, -0.2) is 45.4 Å². The number of aromatic amines is 1. The Balaban J connectivity index is 2.01. The molecule has 1 aromatic rings. The molecule has 0 amide bonds. The number of hydrogen-bond acceptors (Lipinski definition) is 6. The summed E-state index contributed by atoms with van der Waals surface area (Å²) in [5.41, 5.74) is -1.04. The van der Waals surface area contributed by atoms with E-state index in [2.05, 4.69) is 4.98 Å². The number of hydrogen-bond donors (Lipinski definition) is 2. The van der Waals surface area contributed by atoms with Gasteiger partial charge in [-0.05, 0) is 36.4 Å². The fourth-order valence-corrected chi connectivity index (χ4v) is 3.11. The molecule has 3 rings (SSSR count). The van der Waals surface area contributed by atoms with Crippen LogP contribution in [-0.2, 0) is 14.2 Å². The monoisotopic (exact) mass is 410 g/mol. The van der Waals surface area contributed by atoms with Crippen LogP contribution in [0.5, 0.6) is 0 Å². The van der Waals surface area contributed by atoms with E-state index in [0.717, 1.165) is 0 Å². The molecule has 2 fully saturated rings. The zero-order valence-corrected chi connectivity index (χ0v) is 13.6. The van der Waals surface area contributed by atoms with Crippen LogP contribution >= 0.6 is 22.6 Å². The number of aromatic nitrogens is 2. The van der Waals surface area contributed by atoms with Gasteiger partial charge in [0.05, 0.1) is 10.2 Å². The third-order valence-electron chi connectivity index (χ3n) is 3.50. The lowest BCUT2D eigenvalue weighted by Gasteiger charge is -2.24.